The Bertz CT molecular complexity index is 863. The van der Waals surface area contributed by atoms with Crippen molar-refractivity contribution >= 4 is 23.5 Å². The Labute approximate surface area is 155 Å². The largest absolute Gasteiger partial charge is 0.486 e. The molecular weight excluding hydrogens is 352 g/mol. The van der Waals surface area contributed by atoms with E-state index in [0.717, 1.165) is 0 Å². The average Bonchev–Trinajstić information content (AvgIpc) is 2.71. The topological polar surface area (TPSA) is 103 Å². The lowest BCUT2D eigenvalue weighted by Gasteiger charge is -2.18. The minimum Gasteiger partial charge on any atom is -0.486 e. The van der Waals surface area contributed by atoms with E-state index >= 15 is 0 Å². The smallest absolute Gasteiger partial charge is 0.338 e. The maximum absolute atomic E-state index is 12.1. The average molecular weight is 370 g/mol. The van der Waals surface area contributed by atoms with Gasteiger partial charge in [-0.2, -0.15) is 0 Å². The fourth-order valence-corrected chi connectivity index (χ4v) is 2.43. The van der Waals surface area contributed by atoms with Gasteiger partial charge in [-0.25, -0.2) is 4.79 Å². The van der Waals surface area contributed by atoms with E-state index in [0.29, 0.717) is 36.0 Å². The lowest BCUT2D eigenvalue weighted by atomic mass is 10.2. The zero-order valence-electron chi connectivity index (χ0n) is 14.6. The van der Waals surface area contributed by atoms with Gasteiger partial charge in [0.05, 0.1) is 5.56 Å². The Morgan fingerprint density at radius 3 is 2.33 bits per heavy atom. The molecule has 27 heavy (non-hydrogen) atoms. The highest BCUT2D eigenvalue weighted by molar-refractivity contribution is 5.97. The first kappa shape index (κ1) is 18.2. The number of esters is 1. The van der Waals surface area contributed by atoms with E-state index in [9.17, 15) is 14.4 Å². The first-order chi connectivity index (χ1) is 13.1. The second-order valence-electron chi connectivity index (χ2n) is 5.64. The Morgan fingerprint density at radius 1 is 0.963 bits per heavy atom. The number of carbonyl (C=O) groups is 3. The van der Waals surface area contributed by atoms with Gasteiger partial charge < -0.3 is 24.8 Å². The normalized spacial score (nSPS) is 12.0. The van der Waals surface area contributed by atoms with Crippen LogP contribution in [0.3, 0.4) is 0 Å². The van der Waals surface area contributed by atoms with Gasteiger partial charge in [-0.05, 0) is 42.5 Å². The third kappa shape index (κ3) is 4.55. The molecule has 0 aromatic heterocycles. The van der Waals surface area contributed by atoms with E-state index in [1.165, 1.54) is 13.1 Å². The second kappa shape index (κ2) is 8.22. The van der Waals surface area contributed by atoms with Crippen LogP contribution in [0, 0.1) is 0 Å². The van der Waals surface area contributed by atoms with Crippen molar-refractivity contribution in [3.05, 3.63) is 53.6 Å². The van der Waals surface area contributed by atoms with Gasteiger partial charge in [-0.3, -0.25) is 9.59 Å². The van der Waals surface area contributed by atoms with Gasteiger partial charge in [0, 0.05) is 18.3 Å². The molecule has 8 nitrogen and oxygen atoms in total. The molecule has 0 aliphatic carbocycles. The number of nitrogens with one attached hydrogen (secondary N) is 2. The number of amides is 2. The van der Waals surface area contributed by atoms with Gasteiger partial charge in [-0.1, -0.05) is 0 Å². The molecule has 8 heteroatoms. The molecule has 2 amide bonds. The monoisotopic (exact) mass is 370 g/mol. The SMILES string of the molecule is CNC(=O)c1ccc(NC(=O)COC(=O)c2ccc3c(c2)OCCO3)cc1. The molecule has 0 unspecified atom stereocenters. The van der Waals surface area contributed by atoms with Crippen molar-refractivity contribution in [2.45, 2.75) is 0 Å². The Hall–Kier alpha value is -3.55. The Balaban J connectivity index is 1.53. The van der Waals surface area contributed by atoms with Crippen LogP contribution in [-0.4, -0.2) is 44.7 Å². The Kier molecular flexibility index (Phi) is 5.55. The highest BCUT2D eigenvalue weighted by Crippen LogP contribution is 2.30. The first-order valence-corrected chi connectivity index (χ1v) is 8.25. The standard InChI is InChI=1S/C19H18N2O6/c1-20-18(23)12-2-5-14(6-3-12)21-17(22)11-27-19(24)13-4-7-15-16(10-13)26-9-8-25-15/h2-7,10H,8-9,11H2,1H3,(H,20,23)(H,21,22). The number of carbonyl (C=O) groups excluding carboxylic acids is 3. The molecule has 0 fully saturated rings. The van der Waals surface area contributed by atoms with Crippen LogP contribution in [0.25, 0.3) is 0 Å². The van der Waals surface area contributed by atoms with Crippen LogP contribution in [0.4, 0.5) is 5.69 Å². The van der Waals surface area contributed by atoms with Gasteiger partial charge in [0.1, 0.15) is 13.2 Å². The third-order valence-electron chi connectivity index (χ3n) is 3.77. The van der Waals surface area contributed by atoms with Gasteiger partial charge in [-0.15, -0.1) is 0 Å². The zero-order valence-corrected chi connectivity index (χ0v) is 14.6. The van der Waals surface area contributed by atoms with Crippen LogP contribution in [0.5, 0.6) is 11.5 Å². The van der Waals surface area contributed by atoms with Gasteiger partial charge >= 0.3 is 5.97 Å². The summed E-state index contributed by atoms with van der Waals surface area (Å²) in [6.45, 7) is 0.429. The fourth-order valence-electron chi connectivity index (χ4n) is 2.43. The van der Waals surface area contributed by atoms with Crippen molar-refractivity contribution in [3.8, 4) is 11.5 Å². The van der Waals surface area contributed by atoms with Crippen molar-refractivity contribution in [1.29, 1.82) is 0 Å². The first-order valence-electron chi connectivity index (χ1n) is 8.25. The number of ether oxygens (including phenoxy) is 3. The molecule has 0 spiro atoms. The molecule has 1 aliphatic heterocycles. The maximum atomic E-state index is 12.1. The van der Waals surface area contributed by atoms with Crippen LogP contribution in [0.15, 0.2) is 42.5 Å². The summed E-state index contributed by atoms with van der Waals surface area (Å²) >= 11 is 0. The molecular formula is C19H18N2O6. The number of hydrogen-bond acceptors (Lipinski definition) is 6. The van der Waals surface area contributed by atoms with Crippen LogP contribution in [0.1, 0.15) is 20.7 Å². The van der Waals surface area contributed by atoms with Crippen LogP contribution in [0.2, 0.25) is 0 Å². The maximum Gasteiger partial charge on any atom is 0.338 e. The van der Waals surface area contributed by atoms with E-state index in [1.54, 1.807) is 36.4 Å². The summed E-state index contributed by atoms with van der Waals surface area (Å²) in [5, 5.41) is 5.10. The molecule has 2 aromatic rings. The minimum absolute atomic E-state index is 0.221. The molecule has 0 atom stereocenters. The molecule has 2 aromatic carbocycles. The predicted octanol–water partition coefficient (Wildman–Crippen LogP) is 1.61. The van der Waals surface area contributed by atoms with E-state index in [1.807, 2.05) is 0 Å². The van der Waals surface area contributed by atoms with Crippen molar-refractivity contribution in [2.24, 2.45) is 0 Å². The molecule has 0 saturated carbocycles. The van der Waals surface area contributed by atoms with Gasteiger partial charge in [0.15, 0.2) is 18.1 Å². The molecule has 3 rings (SSSR count). The fraction of sp³-hybridized carbons (Fsp3) is 0.211. The second-order valence-corrected chi connectivity index (χ2v) is 5.64. The molecule has 140 valence electrons. The molecule has 0 bridgehead atoms. The minimum atomic E-state index is -0.642. The number of fused-ring (bicyclic) bond motifs is 1. The number of hydrogen-bond donors (Lipinski definition) is 2. The van der Waals surface area contributed by atoms with Crippen LogP contribution < -0.4 is 20.1 Å². The molecule has 2 N–H and O–H groups in total. The third-order valence-corrected chi connectivity index (χ3v) is 3.77. The summed E-state index contributed by atoms with van der Waals surface area (Å²) in [4.78, 5) is 35.5. The molecule has 1 aliphatic rings. The zero-order chi connectivity index (χ0) is 19.2. The summed E-state index contributed by atoms with van der Waals surface area (Å²) in [7, 11) is 1.54. The van der Waals surface area contributed by atoms with E-state index in [4.69, 9.17) is 14.2 Å². The lowest BCUT2D eigenvalue weighted by Crippen LogP contribution is -2.21. The van der Waals surface area contributed by atoms with E-state index < -0.39 is 18.5 Å². The molecule has 0 radical (unpaired) electrons. The summed E-state index contributed by atoms with van der Waals surface area (Å²) in [5.41, 5.74) is 1.23. The number of rotatable bonds is 5. The molecule has 0 saturated heterocycles. The summed E-state index contributed by atoms with van der Waals surface area (Å²) in [6.07, 6.45) is 0. The Morgan fingerprint density at radius 2 is 1.63 bits per heavy atom. The number of benzene rings is 2. The predicted molar refractivity (Wildman–Crippen MR) is 96.2 cm³/mol. The van der Waals surface area contributed by atoms with E-state index in [-0.39, 0.29) is 11.5 Å². The van der Waals surface area contributed by atoms with Crippen molar-refractivity contribution in [2.75, 3.05) is 32.2 Å². The van der Waals surface area contributed by atoms with Gasteiger partial charge in [0.2, 0.25) is 0 Å². The number of anilines is 1. The summed E-state index contributed by atoms with van der Waals surface area (Å²) in [6, 6.07) is 11.0. The summed E-state index contributed by atoms with van der Waals surface area (Å²) < 4.78 is 15.8. The molecule has 1 heterocycles. The van der Waals surface area contributed by atoms with E-state index in [2.05, 4.69) is 10.6 Å². The van der Waals surface area contributed by atoms with Crippen molar-refractivity contribution < 1.29 is 28.6 Å². The van der Waals surface area contributed by atoms with Crippen LogP contribution >= 0.6 is 0 Å². The van der Waals surface area contributed by atoms with Gasteiger partial charge in [0.25, 0.3) is 11.8 Å². The highest BCUT2D eigenvalue weighted by Gasteiger charge is 2.16. The highest BCUT2D eigenvalue weighted by atomic mass is 16.6. The van der Waals surface area contributed by atoms with Crippen LogP contribution in [-0.2, 0) is 9.53 Å². The quantitative estimate of drug-likeness (QED) is 0.775. The summed E-state index contributed by atoms with van der Waals surface area (Å²) in [5.74, 6) is -0.320. The lowest BCUT2D eigenvalue weighted by molar-refractivity contribution is -0.119. The van der Waals surface area contributed by atoms with Crippen molar-refractivity contribution in [1.82, 2.24) is 5.32 Å². The van der Waals surface area contributed by atoms with Crippen molar-refractivity contribution in [3.63, 3.8) is 0 Å².